The Morgan fingerprint density at radius 1 is 1.04 bits per heavy atom. The fraction of sp³-hybridized carbons (Fsp3) is 0. The average molecular weight is 420 g/mol. The minimum atomic E-state index is -0.312. The number of carbonyl (C=O) groups excluding carboxylic acids is 1. The van der Waals surface area contributed by atoms with E-state index in [0.29, 0.717) is 16.0 Å². The average Bonchev–Trinajstić information content (AvgIpc) is 3.12. The van der Waals surface area contributed by atoms with Gasteiger partial charge in [-0.15, -0.1) is 0 Å². The van der Waals surface area contributed by atoms with E-state index in [0.717, 1.165) is 22.2 Å². The molecule has 2 aromatic heterocycles. The van der Waals surface area contributed by atoms with E-state index in [9.17, 15) is 4.79 Å². The summed E-state index contributed by atoms with van der Waals surface area (Å²) in [5, 5.41) is 4.75. The molecule has 132 valence electrons. The topological polar surface area (TPSA) is 67.5 Å². The molecule has 0 aliphatic heterocycles. The molecule has 5 nitrogen and oxygen atoms in total. The van der Waals surface area contributed by atoms with Crippen LogP contribution in [0.25, 0.3) is 22.2 Å². The molecule has 0 atom stereocenters. The van der Waals surface area contributed by atoms with E-state index in [1.54, 1.807) is 18.2 Å². The molecular formula is C21H14BrN3O2. The molecule has 0 unspecified atom stereocenters. The lowest BCUT2D eigenvalue weighted by Crippen LogP contribution is -2.18. The van der Waals surface area contributed by atoms with E-state index in [-0.39, 0.29) is 5.91 Å². The number of fused-ring (bicyclic) bond motifs is 1. The molecule has 6 heteroatoms. The normalized spacial score (nSPS) is 11.1. The zero-order valence-electron chi connectivity index (χ0n) is 14.1. The van der Waals surface area contributed by atoms with Crippen molar-refractivity contribution in [2.45, 2.75) is 0 Å². The molecule has 0 saturated heterocycles. The summed E-state index contributed by atoms with van der Waals surface area (Å²) in [5.74, 6) is 0.222. The van der Waals surface area contributed by atoms with Gasteiger partial charge in [-0.3, -0.25) is 4.79 Å². The molecule has 27 heavy (non-hydrogen) atoms. The van der Waals surface area contributed by atoms with Crippen LogP contribution in [0, 0.1) is 0 Å². The highest BCUT2D eigenvalue weighted by Crippen LogP contribution is 2.24. The van der Waals surface area contributed by atoms with Gasteiger partial charge in [0.25, 0.3) is 5.91 Å². The van der Waals surface area contributed by atoms with Crippen molar-refractivity contribution in [3.05, 3.63) is 88.8 Å². The van der Waals surface area contributed by atoms with Crippen LogP contribution in [-0.4, -0.2) is 17.1 Å². The van der Waals surface area contributed by atoms with Gasteiger partial charge in [-0.2, -0.15) is 5.10 Å². The second-order valence-corrected chi connectivity index (χ2v) is 6.56. The molecule has 0 bridgehead atoms. The highest BCUT2D eigenvalue weighted by Gasteiger charge is 2.13. The quantitative estimate of drug-likeness (QED) is 0.372. The summed E-state index contributed by atoms with van der Waals surface area (Å²) < 4.78 is 5.92. The number of hydrogen-bond acceptors (Lipinski definition) is 4. The van der Waals surface area contributed by atoms with E-state index in [1.165, 1.54) is 6.21 Å². The van der Waals surface area contributed by atoms with Crippen molar-refractivity contribution in [1.82, 2.24) is 10.4 Å². The fourth-order valence-electron chi connectivity index (χ4n) is 2.73. The minimum Gasteiger partial charge on any atom is -0.448 e. The summed E-state index contributed by atoms with van der Waals surface area (Å²) in [7, 11) is 0. The zero-order valence-corrected chi connectivity index (χ0v) is 15.7. The van der Waals surface area contributed by atoms with Crippen LogP contribution in [0.15, 0.2) is 87.0 Å². The maximum absolute atomic E-state index is 12.7. The Morgan fingerprint density at radius 2 is 1.81 bits per heavy atom. The first-order valence-electron chi connectivity index (χ1n) is 8.25. The number of pyridine rings is 1. The van der Waals surface area contributed by atoms with Gasteiger partial charge >= 0.3 is 0 Å². The third-order valence-electron chi connectivity index (χ3n) is 3.98. The van der Waals surface area contributed by atoms with Crippen molar-refractivity contribution in [3.63, 3.8) is 0 Å². The van der Waals surface area contributed by atoms with Gasteiger partial charge in [0.05, 0.1) is 23.0 Å². The first-order chi connectivity index (χ1) is 13.2. The summed E-state index contributed by atoms with van der Waals surface area (Å²) in [6, 6.07) is 22.6. The standard InChI is InChI=1S/C21H14BrN3O2/c22-20-11-10-15(27-20)13-23-25-21(26)17-12-19(14-6-2-1-3-7-14)24-18-9-5-4-8-16(17)18/h1-13H,(H,25,26)/b23-13-. The third kappa shape index (κ3) is 3.80. The number of hydrogen-bond donors (Lipinski definition) is 1. The number of nitrogens with zero attached hydrogens (tertiary/aromatic N) is 2. The maximum Gasteiger partial charge on any atom is 0.272 e. The second kappa shape index (κ2) is 7.55. The van der Waals surface area contributed by atoms with Crippen molar-refractivity contribution < 1.29 is 9.21 Å². The predicted octanol–water partition coefficient (Wildman–Crippen LogP) is 5.02. The van der Waals surface area contributed by atoms with Crippen molar-refractivity contribution in [1.29, 1.82) is 0 Å². The number of aromatic nitrogens is 1. The van der Waals surface area contributed by atoms with Crippen molar-refractivity contribution >= 4 is 39.0 Å². The summed E-state index contributed by atoms with van der Waals surface area (Å²) in [4.78, 5) is 17.4. The lowest BCUT2D eigenvalue weighted by molar-refractivity contribution is 0.0956. The van der Waals surface area contributed by atoms with Gasteiger partial charge in [-0.05, 0) is 40.2 Å². The van der Waals surface area contributed by atoms with Gasteiger partial charge in [0.15, 0.2) is 4.67 Å². The van der Waals surface area contributed by atoms with Crippen LogP contribution < -0.4 is 5.43 Å². The van der Waals surface area contributed by atoms with Crippen LogP contribution in [-0.2, 0) is 0 Å². The van der Waals surface area contributed by atoms with E-state index >= 15 is 0 Å². The number of nitrogens with one attached hydrogen (secondary N) is 1. The lowest BCUT2D eigenvalue weighted by Gasteiger charge is -2.08. The van der Waals surface area contributed by atoms with Gasteiger partial charge in [0.1, 0.15) is 5.76 Å². The molecule has 0 radical (unpaired) electrons. The molecule has 4 aromatic rings. The molecule has 0 saturated carbocycles. The summed E-state index contributed by atoms with van der Waals surface area (Å²) in [5.41, 5.74) is 5.50. The van der Waals surface area contributed by atoms with Crippen LogP contribution in [0.3, 0.4) is 0 Å². The monoisotopic (exact) mass is 419 g/mol. The van der Waals surface area contributed by atoms with E-state index in [4.69, 9.17) is 4.42 Å². The molecule has 0 aliphatic rings. The number of furan rings is 1. The first-order valence-corrected chi connectivity index (χ1v) is 9.04. The minimum absolute atomic E-state index is 0.312. The summed E-state index contributed by atoms with van der Waals surface area (Å²) in [6.07, 6.45) is 1.45. The highest BCUT2D eigenvalue weighted by atomic mass is 79.9. The number of halogens is 1. The van der Waals surface area contributed by atoms with Gasteiger partial charge < -0.3 is 4.42 Å². The van der Waals surface area contributed by atoms with Gasteiger partial charge in [0.2, 0.25) is 0 Å². The molecule has 4 rings (SSSR count). The Kier molecular flexibility index (Phi) is 4.80. The van der Waals surface area contributed by atoms with E-state index in [1.807, 2.05) is 54.6 Å². The predicted molar refractivity (Wildman–Crippen MR) is 109 cm³/mol. The Labute approximate surface area is 163 Å². The number of benzene rings is 2. The van der Waals surface area contributed by atoms with Crippen LogP contribution in [0.1, 0.15) is 16.1 Å². The summed E-state index contributed by atoms with van der Waals surface area (Å²) >= 11 is 3.22. The third-order valence-corrected chi connectivity index (χ3v) is 4.41. The number of amides is 1. The number of carbonyl (C=O) groups is 1. The number of para-hydroxylation sites is 1. The molecular weight excluding hydrogens is 406 g/mol. The van der Waals surface area contributed by atoms with Crippen LogP contribution >= 0.6 is 15.9 Å². The Bertz CT molecular complexity index is 1140. The molecule has 0 aliphatic carbocycles. The molecule has 0 fully saturated rings. The smallest absolute Gasteiger partial charge is 0.272 e. The Hall–Kier alpha value is -3.25. The molecule has 2 heterocycles. The zero-order chi connectivity index (χ0) is 18.6. The largest absolute Gasteiger partial charge is 0.448 e. The SMILES string of the molecule is O=C(N/N=C\c1ccc(Br)o1)c1cc(-c2ccccc2)nc2ccccc12. The Balaban J connectivity index is 1.69. The van der Waals surface area contributed by atoms with Crippen LogP contribution in [0.5, 0.6) is 0 Å². The molecule has 2 aromatic carbocycles. The summed E-state index contributed by atoms with van der Waals surface area (Å²) in [6.45, 7) is 0. The van der Waals surface area contributed by atoms with Crippen LogP contribution in [0.2, 0.25) is 0 Å². The first kappa shape index (κ1) is 17.2. The van der Waals surface area contributed by atoms with Crippen molar-refractivity contribution in [2.75, 3.05) is 0 Å². The highest BCUT2D eigenvalue weighted by molar-refractivity contribution is 9.10. The number of rotatable bonds is 4. The Morgan fingerprint density at radius 3 is 2.59 bits per heavy atom. The van der Waals surface area contributed by atoms with Crippen LogP contribution in [0.4, 0.5) is 0 Å². The molecule has 1 amide bonds. The van der Waals surface area contributed by atoms with E-state index < -0.39 is 0 Å². The molecule has 0 spiro atoms. The maximum atomic E-state index is 12.7. The van der Waals surface area contributed by atoms with Gasteiger partial charge in [0, 0.05) is 10.9 Å². The second-order valence-electron chi connectivity index (χ2n) is 5.78. The molecule has 1 N–H and O–H groups in total. The number of hydrazone groups is 1. The fourth-order valence-corrected chi connectivity index (χ4v) is 3.05. The van der Waals surface area contributed by atoms with Gasteiger partial charge in [-0.25, -0.2) is 10.4 Å². The van der Waals surface area contributed by atoms with E-state index in [2.05, 4.69) is 31.4 Å². The van der Waals surface area contributed by atoms with Gasteiger partial charge in [-0.1, -0.05) is 48.5 Å². The van der Waals surface area contributed by atoms with Crippen molar-refractivity contribution in [2.24, 2.45) is 5.10 Å². The lowest BCUT2D eigenvalue weighted by atomic mass is 10.0. The van der Waals surface area contributed by atoms with Crippen molar-refractivity contribution in [3.8, 4) is 11.3 Å².